The van der Waals surface area contributed by atoms with Crippen LogP contribution in [-0.4, -0.2) is 57.5 Å². The molecule has 4 rings (SSSR count). The summed E-state index contributed by atoms with van der Waals surface area (Å²) >= 11 is 12.8. The summed E-state index contributed by atoms with van der Waals surface area (Å²) in [6.07, 6.45) is 3.11. The van der Waals surface area contributed by atoms with E-state index in [0.717, 1.165) is 43.3 Å². The van der Waals surface area contributed by atoms with E-state index in [9.17, 15) is 0 Å². The fraction of sp³-hybridized carbons (Fsp3) is 0.333. The number of ether oxygens (including phenoxy) is 4. The molecule has 0 unspecified atom stereocenters. The third kappa shape index (κ3) is 5.75. The van der Waals surface area contributed by atoms with Gasteiger partial charge in [0.05, 0.1) is 49.5 Å². The summed E-state index contributed by atoms with van der Waals surface area (Å²) in [5.74, 6) is 2.56. The van der Waals surface area contributed by atoms with Crippen molar-refractivity contribution in [2.45, 2.75) is 6.61 Å². The van der Waals surface area contributed by atoms with Gasteiger partial charge in [0, 0.05) is 49.6 Å². The van der Waals surface area contributed by atoms with E-state index in [4.69, 9.17) is 42.1 Å². The maximum absolute atomic E-state index is 6.40. The average molecular weight is 520 g/mol. The molecule has 1 saturated heterocycles. The second-order valence-electron chi connectivity index (χ2n) is 7.66. The molecule has 1 aromatic heterocycles. The number of rotatable bonds is 9. The van der Waals surface area contributed by atoms with Crippen molar-refractivity contribution in [3.05, 3.63) is 52.3 Å². The SMILES string of the molecule is COc1cc(Nc2cnc(OCc3c(Cl)c(OC)cc(OC)c3Cl)cn2)ccc1N1CCNCC1. The molecule has 0 radical (unpaired) electrons. The molecule has 0 bridgehead atoms. The van der Waals surface area contributed by atoms with Crippen LogP contribution in [0.5, 0.6) is 23.1 Å². The van der Waals surface area contributed by atoms with Gasteiger partial charge in [-0.1, -0.05) is 23.2 Å². The number of aromatic nitrogens is 2. The third-order valence-corrected chi connectivity index (χ3v) is 6.40. The van der Waals surface area contributed by atoms with Crippen molar-refractivity contribution >= 4 is 40.4 Å². The van der Waals surface area contributed by atoms with Crippen molar-refractivity contribution in [3.8, 4) is 23.1 Å². The molecule has 2 heterocycles. The Labute approximate surface area is 214 Å². The highest BCUT2D eigenvalue weighted by Crippen LogP contribution is 2.40. The number of piperazine rings is 1. The molecule has 0 atom stereocenters. The smallest absolute Gasteiger partial charge is 0.232 e. The van der Waals surface area contributed by atoms with Gasteiger partial charge < -0.3 is 34.5 Å². The molecular weight excluding hydrogens is 493 g/mol. The van der Waals surface area contributed by atoms with Crippen LogP contribution in [0.4, 0.5) is 17.2 Å². The lowest BCUT2D eigenvalue weighted by Crippen LogP contribution is -2.43. The molecule has 35 heavy (non-hydrogen) atoms. The van der Waals surface area contributed by atoms with E-state index in [0.29, 0.717) is 38.8 Å². The third-order valence-electron chi connectivity index (χ3n) is 5.57. The highest BCUT2D eigenvalue weighted by atomic mass is 35.5. The standard InChI is InChI=1S/C24H27Cl2N5O4/c1-32-18-10-15(4-5-17(18)31-8-6-27-7-9-31)30-21-12-29-22(13-28-21)35-14-16-23(25)19(33-2)11-20(34-3)24(16)26/h4-5,10-13,27H,6-9,14H2,1-3H3,(H,28,30). The molecule has 1 fully saturated rings. The molecule has 1 aliphatic heterocycles. The quantitative estimate of drug-likeness (QED) is 0.422. The Hall–Kier alpha value is -3.14. The lowest BCUT2D eigenvalue weighted by atomic mass is 10.2. The molecule has 2 N–H and O–H groups in total. The number of hydrogen-bond acceptors (Lipinski definition) is 9. The Morgan fingerprint density at radius 2 is 1.60 bits per heavy atom. The first-order valence-corrected chi connectivity index (χ1v) is 11.7. The first kappa shape index (κ1) is 25.0. The van der Waals surface area contributed by atoms with Crippen LogP contribution in [0.3, 0.4) is 0 Å². The van der Waals surface area contributed by atoms with Gasteiger partial charge >= 0.3 is 0 Å². The number of methoxy groups -OCH3 is 3. The number of nitrogens with zero attached hydrogens (tertiary/aromatic N) is 3. The normalized spacial score (nSPS) is 13.3. The topological polar surface area (TPSA) is 90.0 Å². The zero-order chi connectivity index (χ0) is 24.8. The Bertz CT molecular complexity index is 1130. The van der Waals surface area contributed by atoms with Gasteiger partial charge in [0.2, 0.25) is 5.88 Å². The summed E-state index contributed by atoms with van der Waals surface area (Å²) in [5.41, 5.74) is 2.44. The Balaban J connectivity index is 1.43. The zero-order valence-electron chi connectivity index (χ0n) is 19.7. The average Bonchev–Trinajstić information content (AvgIpc) is 2.90. The number of hydrogen-bond donors (Lipinski definition) is 2. The fourth-order valence-electron chi connectivity index (χ4n) is 3.73. The number of benzene rings is 2. The van der Waals surface area contributed by atoms with Gasteiger partial charge in [0.1, 0.15) is 29.7 Å². The van der Waals surface area contributed by atoms with Crippen LogP contribution in [0.25, 0.3) is 0 Å². The monoisotopic (exact) mass is 519 g/mol. The molecular formula is C24H27Cl2N5O4. The molecule has 0 aliphatic carbocycles. The first-order valence-electron chi connectivity index (χ1n) is 11.0. The Morgan fingerprint density at radius 1 is 0.914 bits per heavy atom. The van der Waals surface area contributed by atoms with Gasteiger partial charge in [0.25, 0.3) is 0 Å². The second-order valence-corrected chi connectivity index (χ2v) is 8.42. The number of anilines is 3. The molecule has 1 aliphatic rings. The van der Waals surface area contributed by atoms with E-state index in [1.807, 2.05) is 18.2 Å². The lowest BCUT2D eigenvalue weighted by molar-refractivity contribution is 0.291. The molecule has 3 aromatic rings. The minimum absolute atomic E-state index is 0.0668. The summed E-state index contributed by atoms with van der Waals surface area (Å²) in [6, 6.07) is 7.61. The fourth-order valence-corrected chi connectivity index (χ4v) is 4.34. The highest BCUT2D eigenvalue weighted by molar-refractivity contribution is 6.37. The van der Waals surface area contributed by atoms with E-state index in [1.165, 1.54) is 20.4 Å². The van der Waals surface area contributed by atoms with Gasteiger partial charge in [-0.25, -0.2) is 9.97 Å². The van der Waals surface area contributed by atoms with Gasteiger partial charge in [-0.2, -0.15) is 0 Å². The molecule has 2 aromatic carbocycles. The van der Waals surface area contributed by atoms with Crippen molar-refractivity contribution in [2.75, 3.05) is 57.7 Å². The maximum Gasteiger partial charge on any atom is 0.232 e. The molecule has 186 valence electrons. The molecule has 9 nitrogen and oxygen atoms in total. The molecule has 11 heteroatoms. The van der Waals surface area contributed by atoms with E-state index in [1.54, 1.807) is 19.4 Å². The highest BCUT2D eigenvalue weighted by Gasteiger charge is 2.18. The largest absolute Gasteiger partial charge is 0.495 e. The number of halogens is 2. The lowest BCUT2D eigenvalue weighted by Gasteiger charge is -2.30. The van der Waals surface area contributed by atoms with Crippen LogP contribution in [0.2, 0.25) is 10.0 Å². The molecule has 0 saturated carbocycles. The molecule has 0 amide bonds. The Kier molecular flexibility index (Phi) is 8.22. The van der Waals surface area contributed by atoms with Crippen LogP contribution in [0.1, 0.15) is 5.56 Å². The summed E-state index contributed by atoms with van der Waals surface area (Å²) < 4.78 is 22.0. The second kappa shape index (κ2) is 11.5. The van der Waals surface area contributed by atoms with E-state index in [-0.39, 0.29) is 6.61 Å². The van der Waals surface area contributed by atoms with Gasteiger partial charge in [-0.15, -0.1) is 0 Å². The summed E-state index contributed by atoms with van der Waals surface area (Å²) in [4.78, 5) is 11.0. The predicted octanol–water partition coefficient (Wildman–Crippen LogP) is 4.54. The van der Waals surface area contributed by atoms with Crippen LogP contribution in [0, 0.1) is 0 Å². The zero-order valence-corrected chi connectivity index (χ0v) is 21.2. The van der Waals surface area contributed by atoms with Crippen molar-refractivity contribution in [3.63, 3.8) is 0 Å². The first-order chi connectivity index (χ1) is 17.0. The maximum atomic E-state index is 6.40. The minimum atomic E-state index is 0.0668. The van der Waals surface area contributed by atoms with Crippen LogP contribution in [-0.2, 0) is 6.61 Å². The van der Waals surface area contributed by atoms with E-state index < -0.39 is 0 Å². The van der Waals surface area contributed by atoms with E-state index in [2.05, 4.69) is 25.5 Å². The van der Waals surface area contributed by atoms with Crippen molar-refractivity contribution in [2.24, 2.45) is 0 Å². The van der Waals surface area contributed by atoms with Crippen LogP contribution < -0.4 is 34.5 Å². The van der Waals surface area contributed by atoms with Crippen LogP contribution in [0.15, 0.2) is 36.7 Å². The van der Waals surface area contributed by atoms with Crippen molar-refractivity contribution < 1.29 is 18.9 Å². The van der Waals surface area contributed by atoms with Crippen LogP contribution >= 0.6 is 23.2 Å². The van der Waals surface area contributed by atoms with E-state index >= 15 is 0 Å². The summed E-state index contributed by atoms with van der Waals surface area (Å²) in [5, 5.41) is 7.30. The minimum Gasteiger partial charge on any atom is -0.495 e. The predicted molar refractivity (Wildman–Crippen MR) is 137 cm³/mol. The summed E-state index contributed by atoms with van der Waals surface area (Å²) in [6.45, 7) is 3.86. The number of nitrogens with one attached hydrogen (secondary N) is 2. The van der Waals surface area contributed by atoms with Crippen molar-refractivity contribution in [1.29, 1.82) is 0 Å². The summed E-state index contributed by atoms with van der Waals surface area (Å²) in [7, 11) is 4.71. The van der Waals surface area contributed by atoms with Gasteiger partial charge in [-0.05, 0) is 12.1 Å². The van der Waals surface area contributed by atoms with Gasteiger partial charge in [0.15, 0.2) is 0 Å². The molecule has 0 spiro atoms. The van der Waals surface area contributed by atoms with Crippen molar-refractivity contribution in [1.82, 2.24) is 15.3 Å². The van der Waals surface area contributed by atoms with Gasteiger partial charge in [-0.3, -0.25) is 0 Å². The Morgan fingerprint density at radius 3 is 2.20 bits per heavy atom.